The van der Waals surface area contributed by atoms with Gasteiger partial charge in [-0.2, -0.15) is 13.5 Å². The van der Waals surface area contributed by atoms with E-state index in [9.17, 15) is 18.0 Å². The summed E-state index contributed by atoms with van der Waals surface area (Å²) in [6, 6.07) is 8.67. The number of hydroxylamine groups is 2. The molecule has 0 saturated carbocycles. The van der Waals surface area contributed by atoms with Crippen molar-refractivity contribution < 1.29 is 27.0 Å². The molecule has 116 valence electrons. The molecule has 1 rings (SSSR count). The average Bonchev–Trinajstić information content (AvgIpc) is 2.37. The summed E-state index contributed by atoms with van der Waals surface area (Å²) in [5.41, 5.74) is 0.665. The van der Waals surface area contributed by atoms with Crippen molar-refractivity contribution in [3.8, 4) is 0 Å². The van der Waals surface area contributed by atoms with E-state index in [0.717, 1.165) is 6.26 Å². The summed E-state index contributed by atoms with van der Waals surface area (Å²) in [5, 5.41) is 0.640. The molecule has 1 aromatic rings. The summed E-state index contributed by atoms with van der Waals surface area (Å²) >= 11 is 0. The molecule has 0 bridgehead atoms. The highest BCUT2D eigenvalue weighted by Crippen LogP contribution is 2.09. The molecular weight excluding hydrogens is 298 g/mol. The maximum Gasteiger partial charge on any atom is 0.315 e. The van der Waals surface area contributed by atoms with Crippen LogP contribution in [-0.2, 0) is 35.3 Å². The van der Waals surface area contributed by atoms with Crippen LogP contribution in [0.3, 0.4) is 0 Å². The highest BCUT2D eigenvalue weighted by atomic mass is 32.2. The van der Waals surface area contributed by atoms with Gasteiger partial charge in [0.05, 0.1) is 19.4 Å². The second-order valence-electron chi connectivity index (χ2n) is 4.18. The number of hydrogen-bond donors (Lipinski definition) is 0. The Kier molecular flexibility index (Phi) is 6.32. The number of nitrogens with zero attached hydrogens (tertiary/aromatic N) is 1. The third kappa shape index (κ3) is 6.87. The summed E-state index contributed by atoms with van der Waals surface area (Å²) in [7, 11) is -3.88. The number of ether oxygens (including phenoxy) is 1. The van der Waals surface area contributed by atoms with Crippen LogP contribution >= 0.6 is 0 Å². The molecule has 0 aliphatic rings. The molecule has 0 N–H and O–H groups in total. The standard InChI is InChI=1S/C13H17NO6S/c1-3-19-13(16)9-12(15)14(20-21(2,17)18)10-11-7-5-4-6-8-11/h4-8H,3,9-10H2,1-2H3. The van der Waals surface area contributed by atoms with Gasteiger partial charge in [-0.25, -0.2) is 0 Å². The van der Waals surface area contributed by atoms with Crippen LogP contribution in [0.2, 0.25) is 0 Å². The molecule has 8 heteroatoms. The first kappa shape index (κ1) is 17.1. The van der Waals surface area contributed by atoms with Gasteiger partial charge < -0.3 is 4.74 Å². The van der Waals surface area contributed by atoms with Crippen LogP contribution < -0.4 is 0 Å². The molecule has 0 saturated heterocycles. The summed E-state index contributed by atoms with van der Waals surface area (Å²) in [5.74, 6) is -1.53. The molecule has 1 aromatic carbocycles. The molecule has 0 aromatic heterocycles. The van der Waals surface area contributed by atoms with Gasteiger partial charge in [-0.05, 0) is 12.5 Å². The fourth-order valence-corrected chi connectivity index (χ4v) is 1.96. The molecule has 1 amide bonds. The van der Waals surface area contributed by atoms with Crippen molar-refractivity contribution in [3.05, 3.63) is 35.9 Å². The number of hydrogen-bond acceptors (Lipinski definition) is 6. The minimum absolute atomic E-state index is 0.0911. The van der Waals surface area contributed by atoms with Crippen molar-refractivity contribution in [2.45, 2.75) is 19.9 Å². The van der Waals surface area contributed by atoms with Gasteiger partial charge in [0, 0.05) is 0 Å². The molecular formula is C13H17NO6S. The van der Waals surface area contributed by atoms with Gasteiger partial charge in [0.15, 0.2) is 0 Å². The molecule has 0 aliphatic carbocycles. The smallest absolute Gasteiger partial charge is 0.315 e. The molecule has 0 radical (unpaired) electrons. The van der Waals surface area contributed by atoms with Crippen molar-refractivity contribution in [2.75, 3.05) is 12.9 Å². The van der Waals surface area contributed by atoms with Crippen LogP contribution in [0, 0.1) is 0 Å². The van der Waals surface area contributed by atoms with E-state index >= 15 is 0 Å². The van der Waals surface area contributed by atoms with Gasteiger partial charge in [-0.3, -0.25) is 9.59 Å². The van der Waals surface area contributed by atoms with E-state index in [1.54, 1.807) is 37.3 Å². The SMILES string of the molecule is CCOC(=O)CC(=O)N(Cc1ccccc1)OS(C)(=O)=O. The van der Waals surface area contributed by atoms with Crippen LogP contribution in [0.4, 0.5) is 0 Å². The minimum atomic E-state index is -3.88. The van der Waals surface area contributed by atoms with E-state index in [1.165, 1.54) is 0 Å². The Balaban J connectivity index is 2.81. The van der Waals surface area contributed by atoms with Gasteiger partial charge in [-0.1, -0.05) is 30.3 Å². The lowest BCUT2D eigenvalue weighted by Crippen LogP contribution is -2.34. The monoisotopic (exact) mass is 315 g/mol. The number of carbonyl (C=O) groups excluding carboxylic acids is 2. The van der Waals surface area contributed by atoms with Crippen LogP contribution in [0.15, 0.2) is 30.3 Å². The van der Waals surface area contributed by atoms with E-state index in [0.29, 0.717) is 10.6 Å². The van der Waals surface area contributed by atoms with E-state index in [2.05, 4.69) is 9.02 Å². The quantitative estimate of drug-likeness (QED) is 0.421. The molecule has 0 heterocycles. The number of benzene rings is 1. The summed E-state index contributed by atoms with van der Waals surface area (Å²) in [6.45, 7) is 1.65. The largest absolute Gasteiger partial charge is 0.466 e. The normalized spacial score (nSPS) is 11.0. The Morgan fingerprint density at radius 1 is 1.19 bits per heavy atom. The zero-order valence-electron chi connectivity index (χ0n) is 11.8. The number of carbonyl (C=O) groups is 2. The van der Waals surface area contributed by atoms with Crippen LogP contribution in [0.1, 0.15) is 18.9 Å². The highest BCUT2D eigenvalue weighted by Gasteiger charge is 2.23. The maximum atomic E-state index is 11.9. The van der Waals surface area contributed by atoms with Crippen molar-refractivity contribution in [2.24, 2.45) is 0 Å². The van der Waals surface area contributed by atoms with Crippen molar-refractivity contribution in [3.63, 3.8) is 0 Å². The molecule has 0 spiro atoms. The third-order valence-electron chi connectivity index (χ3n) is 2.27. The highest BCUT2D eigenvalue weighted by molar-refractivity contribution is 7.85. The lowest BCUT2D eigenvalue weighted by molar-refractivity contribution is -0.164. The second-order valence-corrected chi connectivity index (χ2v) is 5.73. The van der Waals surface area contributed by atoms with Crippen LogP contribution in [0.25, 0.3) is 0 Å². The Labute approximate surface area is 123 Å². The molecule has 0 aliphatic heterocycles. The van der Waals surface area contributed by atoms with E-state index in [-0.39, 0.29) is 13.2 Å². The van der Waals surface area contributed by atoms with E-state index < -0.39 is 28.4 Å². The lowest BCUT2D eigenvalue weighted by Gasteiger charge is -2.19. The predicted octanol–water partition coefficient (Wildman–Crippen LogP) is 0.860. The van der Waals surface area contributed by atoms with Crippen molar-refractivity contribution in [1.29, 1.82) is 0 Å². The van der Waals surface area contributed by atoms with E-state index in [1.807, 2.05) is 0 Å². The molecule has 0 fully saturated rings. The predicted molar refractivity (Wildman–Crippen MR) is 74.2 cm³/mol. The topological polar surface area (TPSA) is 90.0 Å². The average molecular weight is 315 g/mol. The Bertz CT molecular complexity index is 584. The first-order valence-corrected chi connectivity index (χ1v) is 8.03. The third-order valence-corrected chi connectivity index (χ3v) is 2.72. The van der Waals surface area contributed by atoms with Crippen molar-refractivity contribution >= 4 is 22.0 Å². The first-order chi connectivity index (χ1) is 9.81. The van der Waals surface area contributed by atoms with E-state index in [4.69, 9.17) is 0 Å². The minimum Gasteiger partial charge on any atom is -0.466 e. The number of rotatable bonds is 7. The second kappa shape index (κ2) is 7.75. The maximum absolute atomic E-state index is 11.9. The van der Waals surface area contributed by atoms with Gasteiger partial charge in [-0.15, -0.1) is 4.28 Å². The molecule has 7 nitrogen and oxygen atoms in total. The van der Waals surface area contributed by atoms with Crippen LogP contribution in [0.5, 0.6) is 0 Å². The zero-order valence-corrected chi connectivity index (χ0v) is 12.6. The fraction of sp³-hybridized carbons (Fsp3) is 0.385. The summed E-state index contributed by atoms with van der Waals surface area (Å²) in [4.78, 5) is 23.2. The Morgan fingerprint density at radius 3 is 2.33 bits per heavy atom. The lowest BCUT2D eigenvalue weighted by atomic mass is 10.2. The van der Waals surface area contributed by atoms with Gasteiger partial charge in [0.2, 0.25) is 0 Å². The molecule has 0 unspecified atom stereocenters. The Morgan fingerprint density at radius 2 is 1.81 bits per heavy atom. The van der Waals surface area contributed by atoms with Gasteiger partial charge in [0.25, 0.3) is 16.0 Å². The molecule has 0 atom stereocenters. The van der Waals surface area contributed by atoms with Gasteiger partial charge in [0.1, 0.15) is 6.42 Å². The van der Waals surface area contributed by atoms with Crippen molar-refractivity contribution in [1.82, 2.24) is 5.06 Å². The van der Waals surface area contributed by atoms with Gasteiger partial charge >= 0.3 is 5.97 Å². The number of esters is 1. The summed E-state index contributed by atoms with van der Waals surface area (Å²) < 4.78 is 31.7. The Hall–Kier alpha value is -1.93. The molecule has 21 heavy (non-hydrogen) atoms. The first-order valence-electron chi connectivity index (χ1n) is 6.21. The zero-order chi connectivity index (χ0) is 15.9. The summed E-state index contributed by atoms with van der Waals surface area (Å²) in [6.07, 6.45) is 0.235. The number of amides is 1. The fourth-order valence-electron chi connectivity index (χ4n) is 1.49. The van der Waals surface area contributed by atoms with Crippen LogP contribution in [-0.4, -0.2) is 38.2 Å².